The topological polar surface area (TPSA) is 72.5 Å². The molecule has 0 saturated carbocycles. The highest BCUT2D eigenvalue weighted by molar-refractivity contribution is 6.75. The number of ether oxygens (including phenoxy) is 2. The molecule has 366 valence electrons. The van der Waals surface area contributed by atoms with Crippen LogP contribution in [0.25, 0.3) is 6.08 Å². The van der Waals surface area contributed by atoms with Gasteiger partial charge in [0.05, 0.1) is 13.2 Å². The predicted octanol–water partition coefficient (Wildman–Crippen LogP) is 16.0. The minimum absolute atomic E-state index is 0.0572. The summed E-state index contributed by atoms with van der Waals surface area (Å²) in [6.45, 7) is 54.4. The van der Waals surface area contributed by atoms with Crippen molar-refractivity contribution >= 4 is 45.1 Å². The molecule has 7 nitrogen and oxygen atoms in total. The lowest BCUT2D eigenvalue weighted by Crippen LogP contribution is -2.48. The molecular weight excluding hydrogens is 861 g/mol. The van der Waals surface area contributed by atoms with E-state index in [1.54, 1.807) is 6.08 Å². The molecule has 0 aliphatic heterocycles. The minimum atomic E-state index is -1.96. The van der Waals surface area contributed by atoms with Gasteiger partial charge in [-0.1, -0.05) is 115 Å². The van der Waals surface area contributed by atoms with Crippen LogP contribution in [0.4, 0.5) is 0 Å². The molecule has 0 radical (unpaired) electrons. The summed E-state index contributed by atoms with van der Waals surface area (Å²) in [5.41, 5.74) is 1.26. The molecule has 2 aromatic rings. The Labute approximate surface area is 398 Å². The summed E-state index contributed by atoms with van der Waals surface area (Å²) in [4.78, 5) is 13.2. The fourth-order valence-corrected chi connectivity index (χ4v) is 10.2. The van der Waals surface area contributed by atoms with Crippen molar-refractivity contribution in [2.75, 3.05) is 39.6 Å². The SMILES string of the molecule is CCC(CCOc1ccc(/C=C/C(=O)c2ccc(OCCC(CC)(CO[Si](C)(C)C(C)(C)C)CO[Si](C)(C)C(C)(C)C)cc2)cc1)(CO[Si](C)(C)C(C)(C)C)CO[Si](C)(C)C(C)(C)C. The monoisotopic (exact) mass is 957 g/mol. The van der Waals surface area contributed by atoms with Crippen LogP contribution >= 0.6 is 0 Å². The highest BCUT2D eigenvalue weighted by Crippen LogP contribution is 2.43. The third kappa shape index (κ3) is 17.0. The summed E-state index contributed by atoms with van der Waals surface area (Å²) in [6.07, 6.45) is 7.04. The van der Waals surface area contributed by atoms with Crippen LogP contribution in [0.15, 0.2) is 54.6 Å². The van der Waals surface area contributed by atoms with Crippen LogP contribution in [-0.2, 0) is 17.7 Å². The van der Waals surface area contributed by atoms with Crippen molar-refractivity contribution in [3.8, 4) is 11.5 Å². The van der Waals surface area contributed by atoms with Crippen LogP contribution in [0.3, 0.4) is 0 Å². The van der Waals surface area contributed by atoms with Gasteiger partial charge in [0.15, 0.2) is 39.1 Å². The number of allylic oxidation sites excluding steroid dienone is 1. The van der Waals surface area contributed by atoms with E-state index in [2.05, 4.69) is 149 Å². The first-order chi connectivity index (χ1) is 29.0. The average molecular weight is 958 g/mol. The summed E-state index contributed by atoms with van der Waals surface area (Å²) < 4.78 is 40.1. The molecule has 0 aliphatic rings. The highest BCUT2D eigenvalue weighted by atomic mass is 28.4. The van der Waals surface area contributed by atoms with Gasteiger partial charge in [0, 0.05) is 42.8 Å². The normalized spacial score (nSPS) is 14.3. The van der Waals surface area contributed by atoms with Crippen molar-refractivity contribution < 1.29 is 32.0 Å². The maximum Gasteiger partial charge on any atom is 0.192 e. The Balaban J connectivity index is 2.09. The van der Waals surface area contributed by atoms with E-state index in [0.29, 0.717) is 45.2 Å². The zero-order chi connectivity index (χ0) is 49.3. The third-order valence-corrected chi connectivity index (χ3v) is 33.8. The molecule has 2 rings (SSSR count). The fraction of sp³-hybridized carbons (Fsp3) is 0.717. The summed E-state index contributed by atoms with van der Waals surface area (Å²) >= 11 is 0. The van der Waals surface area contributed by atoms with Gasteiger partial charge in [0.1, 0.15) is 11.5 Å². The molecule has 0 spiro atoms. The Morgan fingerprint density at radius 3 is 1.02 bits per heavy atom. The van der Waals surface area contributed by atoms with E-state index >= 15 is 0 Å². The van der Waals surface area contributed by atoms with Gasteiger partial charge in [-0.25, -0.2) is 0 Å². The van der Waals surface area contributed by atoms with Crippen molar-refractivity contribution in [3.05, 3.63) is 65.7 Å². The maximum atomic E-state index is 13.2. The highest BCUT2D eigenvalue weighted by Gasteiger charge is 2.45. The lowest BCUT2D eigenvalue weighted by atomic mass is 9.84. The molecule has 0 N–H and O–H groups in total. The fourth-order valence-electron chi connectivity index (χ4n) is 5.76. The molecule has 0 unspecified atom stereocenters. The molecule has 64 heavy (non-hydrogen) atoms. The Kier molecular flexibility index (Phi) is 20.5. The number of hydrogen-bond donors (Lipinski definition) is 0. The van der Waals surface area contributed by atoms with Crippen LogP contribution in [0.2, 0.25) is 72.5 Å². The molecule has 0 bridgehead atoms. The molecule has 0 aromatic heterocycles. The van der Waals surface area contributed by atoms with Crippen LogP contribution in [0.1, 0.15) is 139 Å². The third-order valence-electron chi connectivity index (χ3n) is 15.9. The molecule has 0 amide bonds. The van der Waals surface area contributed by atoms with Crippen molar-refractivity contribution in [1.82, 2.24) is 0 Å². The smallest absolute Gasteiger partial charge is 0.192 e. The van der Waals surface area contributed by atoms with Gasteiger partial charge < -0.3 is 27.2 Å². The molecule has 2 aromatic carbocycles. The van der Waals surface area contributed by atoms with E-state index in [4.69, 9.17) is 27.2 Å². The van der Waals surface area contributed by atoms with Crippen molar-refractivity contribution in [1.29, 1.82) is 0 Å². The van der Waals surface area contributed by atoms with Gasteiger partial charge in [-0.2, -0.15) is 0 Å². The summed E-state index contributed by atoms with van der Waals surface area (Å²) in [5.74, 6) is 1.50. The number of ketones is 1. The predicted molar refractivity (Wildman–Crippen MR) is 285 cm³/mol. The molecule has 11 heteroatoms. The van der Waals surface area contributed by atoms with Gasteiger partial charge in [0.2, 0.25) is 0 Å². The first kappa shape index (κ1) is 58.3. The second kappa shape index (κ2) is 22.5. The number of rotatable bonds is 25. The second-order valence-electron chi connectivity index (χ2n) is 24.9. The van der Waals surface area contributed by atoms with Crippen molar-refractivity contribution in [3.63, 3.8) is 0 Å². The summed E-state index contributed by atoms with van der Waals surface area (Å²) in [5, 5.41) is 0.524. The maximum absolute atomic E-state index is 13.2. The number of carbonyl (C=O) groups excluding carboxylic acids is 1. The standard InChI is InChI=1S/C53H96O7Si4/c1-23-52(39-57-61(15,16)48(3,4)5,40-58-62(17,18)49(6,7)8)35-37-55-45-30-25-43(26-31-45)27-34-47(54)44-28-32-46(33-29-44)56-38-36-53(24-2,41-59-63(19,20)50(9,10)11)42-60-64(21,22)51(12,13)14/h25-34H,23-24,35-42H2,1-22H3/b34-27+. The van der Waals surface area contributed by atoms with E-state index in [9.17, 15) is 4.79 Å². The molecular formula is C53H96O7Si4. The van der Waals surface area contributed by atoms with Gasteiger partial charge in [-0.15, -0.1) is 0 Å². The molecule has 0 fully saturated rings. The minimum Gasteiger partial charge on any atom is -0.494 e. The van der Waals surface area contributed by atoms with Crippen LogP contribution in [0, 0.1) is 10.8 Å². The van der Waals surface area contributed by atoms with E-state index in [1.807, 2.05) is 54.6 Å². The average Bonchev–Trinajstić information content (AvgIpc) is 3.18. The number of benzene rings is 2. The van der Waals surface area contributed by atoms with Crippen LogP contribution < -0.4 is 9.47 Å². The van der Waals surface area contributed by atoms with E-state index in [0.717, 1.165) is 42.7 Å². The number of carbonyl (C=O) groups is 1. The second-order valence-corrected chi connectivity index (χ2v) is 44.1. The molecule has 0 aliphatic carbocycles. The lowest BCUT2D eigenvalue weighted by molar-refractivity contribution is 0.0416. The molecule has 0 saturated heterocycles. The van der Waals surface area contributed by atoms with Crippen molar-refractivity contribution in [2.24, 2.45) is 10.8 Å². The first-order valence-electron chi connectivity index (χ1n) is 24.2. The summed E-state index contributed by atoms with van der Waals surface area (Å²) in [6, 6.07) is 15.4. The van der Waals surface area contributed by atoms with Gasteiger partial charge in [0.25, 0.3) is 0 Å². The Bertz CT molecular complexity index is 1690. The summed E-state index contributed by atoms with van der Waals surface area (Å²) in [7, 11) is -7.83. The van der Waals surface area contributed by atoms with E-state index < -0.39 is 33.3 Å². The zero-order valence-electron chi connectivity index (χ0n) is 45.2. The Hall–Kier alpha value is -1.84. The Morgan fingerprint density at radius 2 is 0.750 bits per heavy atom. The first-order valence-corrected chi connectivity index (χ1v) is 35.8. The quantitative estimate of drug-likeness (QED) is 0.0558. The van der Waals surface area contributed by atoms with Crippen molar-refractivity contribution in [2.45, 2.75) is 195 Å². The lowest BCUT2D eigenvalue weighted by Gasteiger charge is -2.44. The van der Waals surface area contributed by atoms with Gasteiger partial charge in [-0.3, -0.25) is 4.79 Å². The number of hydrogen-bond acceptors (Lipinski definition) is 7. The zero-order valence-corrected chi connectivity index (χ0v) is 49.2. The van der Waals surface area contributed by atoms with Crippen LogP contribution in [0.5, 0.6) is 11.5 Å². The Morgan fingerprint density at radius 1 is 0.469 bits per heavy atom. The van der Waals surface area contributed by atoms with Gasteiger partial charge in [-0.05, 0) is 146 Å². The van der Waals surface area contributed by atoms with E-state index in [-0.39, 0.29) is 36.8 Å². The molecule has 0 atom stereocenters. The largest absolute Gasteiger partial charge is 0.494 e. The van der Waals surface area contributed by atoms with Gasteiger partial charge >= 0.3 is 0 Å². The van der Waals surface area contributed by atoms with E-state index in [1.165, 1.54) is 0 Å². The molecule has 0 heterocycles. The van der Waals surface area contributed by atoms with Crippen LogP contribution in [-0.4, -0.2) is 78.7 Å².